The SMILES string of the molecule is CCCCOc1ccc(C2/C(=C(\O)c3ccc(OCCCC)cc3C)C(=O)C(=O)N2CCN(CC)CC)cc1. The summed E-state index contributed by atoms with van der Waals surface area (Å²) in [6.07, 6.45) is 4.01. The second-order valence-corrected chi connectivity index (χ2v) is 9.97. The Morgan fingerprint density at radius 1 is 0.897 bits per heavy atom. The van der Waals surface area contributed by atoms with Crippen molar-refractivity contribution in [3.05, 3.63) is 64.7 Å². The first kappa shape index (κ1) is 30.2. The first-order chi connectivity index (χ1) is 18.9. The Hall–Kier alpha value is -3.32. The van der Waals surface area contributed by atoms with E-state index in [4.69, 9.17) is 9.47 Å². The van der Waals surface area contributed by atoms with Crippen LogP contribution in [0.3, 0.4) is 0 Å². The van der Waals surface area contributed by atoms with Crippen LogP contribution >= 0.6 is 0 Å². The predicted molar refractivity (Wildman–Crippen MR) is 155 cm³/mol. The number of aryl methyl sites for hydroxylation is 1. The summed E-state index contributed by atoms with van der Waals surface area (Å²) in [4.78, 5) is 30.5. The quantitative estimate of drug-likeness (QED) is 0.128. The number of carbonyl (C=O) groups excluding carboxylic acids is 2. The molecule has 2 aromatic carbocycles. The topological polar surface area (TPSA) is 79.3 Å². The molecule has 7 nitrogen and oxygen atoms in total. The Balaban J connectivity index is 2.01. The van der Waals surface area contributed by atoms with Crippen LogP contribution < -0.4 is 9.47 Å². The smallest absolute Gasteiger partial charge is 0.295 e. The maximum Gasteiger partial charge on any atom is 0.295 e. The maximum atomic E-state index is 13.4. The Morgan fingerprint density at radius 2 is 1.49 bits per heavy atom. The lowest BCUT2D eigenvalue weighted by atomic mass is 9.94. The third-order valence-corrected chi connectivity index (χ3v) is 7.27. The second kappa shape index (κ2) is 14.7. The predicted octanol–water partition coefficient (Wildman–Crippen LogP) is 6.12. The van der Waals surface area contributed by atoms with Crippen molar-refractivity contribution in [1.29, 1.82) is 0 Å². The zero-order valence-electron chi connectivity index (χ0n) is 24.2. The number of likely N-dealkylation sites (tertiary alicyclic amines) is 1. The lowest BCUT2D eigenvalue weighted by molar-refractivity contribution is -0.140. The molecule has 1 aliphatic rings. The summed E-state index contributed by atoms with van der Waals surface area (Å²) < 4.78 is 11.6. The molecule has 7 heteroatoms. The molecule has 0 bridgehead atoms. The van der Waals surface area contributed by atoms with Crippen molar-refractivity contribution in [2.45, 2.75) is 66.3 Å². The molecule has 3 rings (SSSR count). The second-order valence-electron chi connectivity index (χ2n) is 9.97. The first-order valence-electron chi connectivity index (χ1n) is 14.3. The summed E-state index contributed by atoms with van der Waals surface area (Å²) in [5, 5.41) is 11.5. The number of aliphatic hydroxyl groups is 1. The van der Waals surface area contributed by atoms with E-state index in [1.807, 2.05) is 37.3 Å². The van der Waals surface area contributed by atoms with Crippen molar-refractivity contribution in [3.63, 3.8) is 0 Å². The number of ketones is 1. The highest BCUT2D eigenvalue weighted by Gasteiger charge is 2.46. The molecule has 39 heavy (non-hydrogen) atoms. The number of nitrogens with zero attached hydrogens (tertiary/aromatic N) is 2. The van der Waals surface area contributed by atoms with Gasteiger partial charge in [0, 0.05) is 18.7 Å². The molecule has 0 saturated carbocycles. The fourth-order valence-electron chi connectivity index (χ4n) is 4.80. The standard InChI is InChI=1S/C32H44N2O5/c1-6-10-20-38-25-14-12-24(13-15-25)29-28(31(36)32(37)34(29)19-18-33(8-3)9-4)30(35)27-17-16-26(22-23(27)5)39-21-11-7-2/h12-17,22,29,35H,6-11,18-21H2,1-5H3/b30-28+. The van der Waals surface area contributed by atoms with Crippen LogP contribution in [-0.2, 0) is 9.59 Å². The van der Waals surface area contributed by atoms with Gasteiger partial charge >= 0.3 is 0 Å². The fourth-order valence-corrected chi connectivity index (χ4v) is 4.80. The molecule has 1 saturated heterocycles. The highest BCUT2D eigenvalue weighted by Crippen LogP contribution is 2.40. The summed E-state index contributed by atoms with van der Waals surface area (Å²) in [6.45, 7) is 14.2. The number of rotatable bonds is 15. The van der Waals surface area contributed by atoms with Crippen molar-refractivity contribution in [3.8, 4) is 11.5 Å². The summed E-state index contributed by atoms with van der Waals surface area (Å²) >= 11 is 0. The third kappa shape index (κ3) is 7.41. The molecule has 212 valence electrons. The minimum atomic E-state index is -0.690. The molecule has 1 amide bonds. The molecule has 0 radical (unpaired) electrons. The van der Waals surface area contributed by atoms with Gasteiger partial charge in [-0.05, 0) is 74.3 Å². The molecular weight excluding hydrogens is 492 g/mol. The van der Waals surface area contributed by atoms with Crippen LogP contribution in [0.15, 0.2) is 48.0 Å². The summed E-state index contributed by atoms with van der Waals surface area (Å²) in [6, 6.07) is 12.2. The number of aliphatic hydroxyl groups excluding tert-OH is 1. The molecule has 1 atom stereocenters. The Morgan fingerprint density at radius 3 is 2.05 bits per heavy atom. The van der Waals surface area contributed by atoms with Gasteiger partial charge < -0.3 is 24.4 Å². The summed E-state index contributed by atoms with van der Waals surface area (Å²) in [5.41, 5.74) is 2.16. The number of hydrogen-bond acceptors (Lipinski definition) is 6. The van der Waals surface area contributed by atoms with Crippen molar-refractivity contribution in [1.82, 2.24) is 9.80 Å². The van der Waals surface area contributed by atoms with Crippen LogP contribution in [0.4, 0.5) is 0 Å². The number of unbranched alkanes of at least 4 members (excludes halogenated alkanes) is 2. The molecular formula is C32H44N2O5. The number of ether oxygens (including phenoxy) is 2. The van der Waals surface area contributed by atoms with E-state index in [0.29, 0.717) is 37.6 Å². The molecule has 1 heterocycles. The highest BCUT2D eigenvalue weighted by molar-refractivity contribution is 6.46. The highest BCUT2D eigenvalue weighted by atomic mass is 16.5. The van der Waals surface area contributed by atoms with Gasteiger partial charge in [-0.15, -0.1) is 0 Å². The fraction of sp³-hybridized carbons (Fsp3) is 0.500. The maximum absolute atomic E-state index is 13.4. The van der Waals surface area contributed by atoms with E-state index in [9.17, 15) is 14.7 Å². The van der Waals surface area contributed by atoms with Gasteiger partial charge in [0.05, 0.1) is 24.8 Å². The average molecular weight is 537 g/mol. The van der Waals surface area contributed by atoms with Gasteiger partial charge in [0.15, 0.2) is 0 Å². The molecule has 1 unspecified atom stereocenters. The number of Topliss-reactive ketones (excluding diaryl/α,β-unsaturated/α-hetero) is 1. The van der Waals surface area contributed by atoms with E-state index in [-0.39, 0.29) is 11.3 Å². The zero-order chi connectivity index (χ0) is 28.4. The van der Waals surface area contributed by atoms with Crippen LogP contribution in [-0.4, -0.2) is 66.0 Å². The largest absolute Gasteiger partial charge is 0.507 e. The number of benzene rings is 2. The van der Waals surface area contributed by atoms with Crippen molar-refractivity contribution in [2.75, 3.05) is 39.4 Å². The molecule has 1 fully saturated rings. The van der Waals surface area contributed by atoms with Gasteiger partial charge in [-0.25, -0.2) is 0 Å². The van der Waals surface area contributed by atoms with Gasteiger partial charge in [0.1, 0.15) is 17.3 Å². The van der Waals surface area contributed by atoms with Crippen LogP contribution in [0.1, 0.15) is 76.1 Å². The molecule has 0 aromatic heterocycles. The van der Waals surface area contributed by atoms with Crippen LogP contribution in [0, 0.1) is 6.92 Å². The van der Waals surface area contributed by atoms with E-state index >= 15 is 0 Å². The van der Waals surface area contributed by atoms with E-state index in [1.165, 1.54) is 0 Å². The van der Waals surface area contributed by atoms with Crippen molar-refractivity contribution >= 4 is 17.4 Å². The van der Waals surface area contributed by atoms with Gasteiger partial charge in [-0.2, -0.15) is 0 Å². The van der Waals surface area contributed by atoms with Crippen LogP contribution in [0.5, 0.6) is 11.5 Å². The number of hydrogen-bond donors (Lipinski definition) is 1. The minimum absolute atomic E-state index is 0.113. The summed E-state index contributed by atoms with van der Waals surface area (Å²) in [5.74, 6) is 0.0379. The van der Waals surface area contributed by atoms with Gasteiger partial charge in [-0.1, -0.05) is 52.7 Å². The van der Waals surface area contributed by atoms with Crippen molar-refractivity contribution in [2.24, 2.45) is 0 Å². The average Bonchev–Trinajstić information content (AvgIpc) is 3.19. The lowest BCUT2D eigenvalue weighted by Crippen LogP contribution is -2.38. The van der Waals surface area contributed by atoms with Gasteiger partial charge in [0.2, 0.25) is 0 Å². The summed E-state index contributed by atoms with van der Waals surface area (Å²) in [7, 11) is 0. The van der Waals surface area contributed by atoms with E-state index in [2.05, 4.69) is 32.6 Å². The zero-order valence-corrected chi connectivity index (χ0v) is 24.2. The van der Waals surface area contributed by atoms with Gasteiger partial charge in [-0.3, -0.25) is 9.59 Å². The number of amides is 1. The molecule has 1 aliphatic heterocycles. The molecule has 0 spiro atoms. The Kier molecular flexibility index (Phi) is 11.4. The normalized spacial score (nSPS) is 16.8. The van der Waals surface area contributed by atoms with E-state index < -0.39 is 17.7 Å². The lowest BCUT2D eigenvalue weighted by Gasteiger charge is -2.28. The Labute approximate surface area is 233 Å². The van der Waals surface area contributed by atoms with Gasteiger partial charge in [0.25, 0.3) is 11.7 Å². The number of carbonyl (C=O) groups is 2. The molecule has 0 aliphatic carbocycles. The Bertz CT molecular complexity index is 1140. The molecule has 2 aromatic rings. The van der Waals surface area contributed by atoms with Crippen molar-refractivity contribution < 1.29 is 24.2 Å². The van der Waals surface area contributed by atoms with Crippen LogP contribution in [0.25, 0.3) is 5.76 Å². The van der Waals surface area contributed by atoms with Crippen LogP contribution in [0.2, 0.25) is 0 Å². The number of likely N-dealkylation sites (N-methyl/N-ethyl adjacent to an activating group) is 1. The monoisotopic (exact) mass is 536 g/mol. The molecule has 1 N–H and O–H groups in total. The third-order valence-electron chi connectivity index (χ3n) is 7.27. The van der Waals surface area contributed by atoms with E-state index in [0.717, 1.165) is 55.6 Å². The minimum Gasteiger partial charge on any atom is -0.507 e. The van der Waals surface area contributed by atoms with E-state index in [1.54, 1.807) is 17.0 Å². The first-order valence-corrected chi connectivity index (χ1v) is 14.3.